The molecule has 3 amide bonds. The van der Waals surface area contributed by atoms with Crippen LogP contribution in [0, 0.1) is 0 Å². The Hall–Kier alpha value is -3.88. The van der Waals surface area contributed by atoms with Crippen molar-refractivity contribution in [1.82, 2.24) is 14.7 Å². The van der Waals surface area contributed by atoms with E-state index in [1.807, 2.05) is 54.6 Å². The minimum absolute atomic E-state index is 0.163. The Bertz CT molecular complexity index is 1310. The van der Waals surface area contributed by atoms with Crippen molar-refractivity contribution in [3.63, 3.8) is 0 Å². The van der Waals surface area contributed by atoms with E-state index in [-0.39, 0.29) is 18.4 Å². The Morgan fingerprint density at radius 2 is 1.49 bits per heavy atom. The topological polar surface area (TPSA) is 107 Å². The summed E-state index contributed by atoms with van der Waals surface area (Å²) in [6.45, 7) is 6.77. The van der Waals surface area contributed by atoms with Crippen molar-refractivity contribution >= 4 is 23.9 Å². The molecule has 0 bridgehead atoms. The number of ether oxygens (including phenoxy) is 1. The third-order valence-electron chi connectivity index (χ3n) is 8.62. The Morgan fingerprint density at radius 1 is 0.854 bits per heavy atom. The van der Waals surface area contributed by atoms with E-state index >= 15 is 0 Å². The number of aliphatic carboxylic acids is 1. The van der Waals surface area contributed by atoms with Gasteiger partial charge in [-0.25, -0.2) is 9.59 Å². The van der Waals surface area contributed by atoms with Crippen molar-refractivity contribution in [1.29, 1.82) is 0 Å². The number of nitrogens with zero attached hydrogens (tertiary/aromatic N) is 3. The van der Waals surface area contributed by atoms with Gasteiger partial charge in [0.2, 0.25) is 11.8 Å². The number of likely N-dealkylation sites (tertiary alicyclic amines) is 2. The van der Waals surface area contributed by atoms with E-state index in [9.17, 15) is 24.3 Å². The molecule has 218 valence electrons. The Morgan fingerprint density at radius 3 is 2.12 bits per heavy atom. The fourth-order valence-electron chi connectivity index (χ4n) is 6.50. The summed E-state index contributed by atoms with van der Waals surface area (Å²) in [6.07, 6.45) is 1.72. The first kappa shape index (κ1) is 28.6. The summed E-state index contributed by atoms with van der Waals surface area (Å²) < 4.78 is 5.69. The smallest absolute Gasteiger partial charge is 0.411 e. The quantitative estimate of drug-likeness (QED) is 0.605. The molecule has 0 aromatic heterocycles. The summed E-state index contributed by atoms with van der Waals surface area (Å²) in [4.78, 5) is 58.2. The molecule has 41 heavy (non-hydrogen) atoms. The van der Waals surface area contributed by atoms with Gasteiger partial charge in [-0.3, -0.25) is 14.5 Å². The van der Waals surface area contributed by atoms with Gasteiger partial charge in [0.15, 0.2) is 0 Å². The fraction of sp³-hybridized carbons (Fsp3) is 0.500. The third kappa shape index (κ3) is 5.67. The van der Waals surface area contributed by atoms with Crippen molar-refractivity contribution in [2.45, 2.75) is 82.5 Å². The summed E-state index contributed by atoms with van der Waals surface area (Å²) in [5.41, 5.74) is 1.25. The zero-order valence-corrected chi connectivity index (χ0v) is 24.0. The highest BCUT2D eigenvalue weighted by atomic mass is 16.6. The maximum atomic E-state index is 14.1. The standard InChI is InChI=1S/C32H39N3O6/c1-31(2,3)41-30(40)35-21-23-11-8-7-10-22(23)20-26(35)27(36)33-18-15-32(16-19-33,24-12-5-4-6-13-24)29(39)34-17-9-14-25(34)28(37)38/h4-8,10-13,25-26H,9,14-21H2,1-3H3,(H,37,38)/t25-,26-/m0/s1. The van der Waals surface area contributed by atoms with Crippen LogP contribution >= 0.6 is 0 Å². The highest BCUT2D eigenvalue weighted by Gasteiger charge is 2.50. The van der Waals surface area contributed by atoms with Crippen LogP contribution in [0.25, 0.3) is 0 Å². The maximum absolute atomic E-state index is 14.1. The van der Waals surface area contributed by atoms with E-state index < -0.39 is 35.2 Å². The highest BCUT2D eigenvalue weighted by molar-refractivity contribution is 5.93. The number of carboxylic acid groups (broad SMARTS) is 1. The molecule has 2 saturated heterocycles. The van der Waals surface area contributed by atoms with E-state index in [0.717, 1.165) is 16.7 Å². The molecule has 1 N–H and O–H groups in total. The predicted molar refractivity (Wildman–Crippen MR) is 152 cm³/mol. The molecule has 3 heterocycles. The Labute approximate surface area is 241 Å². The van der Waals surface area contributed by atoms with Crippen LogP contribution in [-0.2, 0) is 37.5 Å². The van der Waals surface area contributed by atoms with E-state index in [0.29, 0.717) is 51.7 Å². The number of fused-ring (bicyclic) bond motifs is 1. The molecular formula is C32H39N3O6. The summed E-state index contributed by atoms with van der Waals surface area (Å²) in [7, 11) is 0. The van der Waals surface area contributed by atoms with Crippen LogP contribution in [0.15, 0.2) is 54.6 Å². The van der Waals surface area contributed by atoms with Gasteiger partial charge >= 0.3 is 12.1 Å². The van der Waals surface area contributed by atoms with Crippen LogP contribution in [0.3, 0.4) is 0 Å². The van der Waals surface area contributed by atoms with Crippen molar-refractivity contribution in [2.24, 2.45) is 0 Å². The monoisotopic (exact) mass is 561 g/mol. The van der Waals surface area contributed by atoms with E-state index in [2.05, 4.69) is 0 Å². The molecule has 0 unspecified atom stereocenters. The molecule has 0 radical (unpaired) electrons. The third-order valence-corrected chi connectivity index (χ3v) is 8.62. The number of carbonyl (C=O) groups is 4. The van der Waals surface area contributed by atoms with Crippen LogP contribution in [0.1, 0.15) is 63.1 Å². The normalized spacial score (nSPS) is 22.2. The van der Waals surface area contributed by atoms with E-state index in [4.69, 9.17) is 4.74 Å². The molecule has 9 nitrogen and oxygen atoms in total. The van der Waals surface area contributed by atoms with Crippen molar-refractivity contribution < 1.29 is 29.0 Å². The SMILES string of the molecule is CC(C)(C)OC(=O)N1Cc2ccccc2C[C@H]1C(=O)N1CCC(C(=O)N2CCC[C@H]2C(=O)O)(c2ccccc2)CC1. The van der Waals surface area contributed by atoms with Crippen molar-refractivity contribution in [3.8, 4) is 0 Å². The summed E-state index contributed by atoms with van der Waals surface area (Å²) in [5, 5.41) is 9.77. The number of carbonyl (C=O) groups excluding carboxylic acids is 3. The first-order valence-electron chi connectivity index (χ1n) is 14.4. The number of benzene rings is 2. The van der Waals surface area contributed by atoms with Crippen molar-refractivity contribution in [2.75, 3.05) is 19.6 Å². The number of amides is 3. The zero-order chi connectivity index (χ0) is 29.4. The molecule has 3 aliphatic rings. The van der Waals surface area contributed by atoms with Gasteiger partial charge in [-0.05, 0) is 63.1 Å². The van der Waals surface area contributed by atoms with Gasteiger partial charge < -0.3 is 19.6 Å². The summed E-state index contributed by atoms with van der Waals surface area (Å²) in [5.74, 6) is -1.32. The predicted octanol–water partition coefficient (Wildman–Crippen LogP) is 3.98. The molecule has 2 aromatic rings. The number of rotatable bonds is 4. The van der Waals surface area contributed by atoms with Crippen LogP contribution in [0.5, 0.6) is 0 Å². The number of piperidine rings is 1. The van der Waals surface area contributed by atoms with Gasteiger partial charge in [-0.15, -0.1) is 0 Å². The van der Waals surface area contributed by atoms with Crippen LogP contribution in [0.4, 0.5) is 4.79 Å². The van der Waals surface area contributed by atoms with Gasteiger partial charge in [-0.2, -0.15) is 0 Å². The average Bonchev–Trinajstić information content (AvgIpc) is 3.46. The lowest BCUT2D eigenvalue weighted by molar-refractivity contribution is -0.152. The molecular weight excluding hydrogens is 522 g/mol. The molecule has 5 rings (SSSR count). The number of hydrogen-bond donors (Lipinski definition) is 1. The fourth-order valence-corrected chi connectivity index (χ4v) is 6.50. The Balaban J connectivity index is 1.39. The molecule has 9 heteroatoms. The number of hydrogen-bond acceptors (Lipinski definition) is 5. The van der Waals surface area contributed by atoms with Crippen LogP contribution in [-0.4, -0.2) is 81.0 Å². The minimum atomic E-state index is -0.980. The molecule has 0 saturated carbocycles. The molecule has 3 aliphatic heterocycles. The molecule has 2 atom stereocenters. The maximum Gasteiger partial charge on any atom is 0.411 e. The Kier molecular flexibility index (Phi) is 7.81. The lowest BCUT2D eigenvalue weighted by atomic mass is 9.71. The van der Waals surface area contributed by atoms with Crippen LogP contribution < -0.4 is 0 Å². The summed E-state index contributed by atoms with van der Waals surface area (Å²) in [6, 6.07) is 15.8. The van der Waals surface area contributed by atoms with Gasteiger partial charge in [0, 0.05) is 26.1 Å². The van der Waals surface area contributed by atoms with Gasteiger partial charge in [0.05, 0.1) is 12.0 Å². The van der Waals surface area contributed by atoms with E-state index in [1.54, 1.807) is 25.7 Å². The zero-order valence-electron chi connectivity index (χ0n) is 24.0. The minimum Gasteiger partial charge on any atom is -0.480 e. The van der Waals surface area contributed by atoms with Gasteiger partial charge in [0.25, 0.3) is 0 Å². The van der Waals surface area contributed by atoms with Crippen LogP contribution in [0.2, 0.25) is 0 Å². The summed E-state index contributed by atoms with van der Waals surface area (Å²) >= 11 is 0. The second-order valence-electron chi connectivity index (χ2n) is 12.4. The lowest BCUT2D eigenvalue weighted by Crippen LogP contribution is -2.59. The first-order chi connectivity index (χ1) is 19.5. The van der Waals surface area contributed by atoms with Crippen molar-refractivity contribution in [3.05, 3.63) is 71.3 Å². The molecule has 2 fully saturated rings. The average molecular weight is 562 g/mol. The van der Waals surface area contributed by atoms with Gasteiger partial charge in [0.1, 0.15) is 17.7 Å². The second kappa shape index (κ2) is 11.2. The highest BCUT2D eigenvalue weighted by Crippen LogP contribution is 2.40. The van der Waals surface area contributed by atoms with E-state index in [1.165, 1.54) is 9.80 Å². The largest absolute Gasteiger partial charge is 0.480 e. The van der Waals surface area contributed by atoms with Gasteiger partial charge in [-0.1, -0.05) is 54.6 Å². The molecule has 0 spiro atoms. The number of carboxylic acids is 1. The lowest BCUT2D eigenvalue weighted by Gasteiger charge is -2.45. The first-order valence-corrected chi connectivity index (χ1v) is 14.4. The second-order valence-corrected chi connectivity index (χ2v) is 12.4. The molecule has 2 aromatic carbocycles. The molecule has 0 aliphatic carbocycles.